The summed E-state index contributed by atoms with van der Waals surface area (Å²) in [5.74, 6) is 1.15. The van der Waals surface area contributed by atoms with Crippen LogP contribution in [0.15, 0.2) is 140 Å². The Bertz CT molecular complexity index is 3140. The molecule has 1 aliphatic heterocycles. The zero-order valence-electron chi connectivity index (χ0n) is 30.8. The maximum absolute atomic E-state index is 6.84. The second-order valence-corrected chi connectivity index (χ2v) is 14.2. The van der Waals surface area contributed by atoms with Gasteiger partial charge in [0.25, 0.3) is 0 Å². The molecule has 274 valence electrons. The van der Waals surface area contributed by atoms with Gasteiger partial charge in [0.2, 0.25) is 0 Å². The molecule has 1 aliphatic rings. The molecule has 0 N–H and O–H groups in total. The van der Waals surface area contributed by atoms with Gasteiger partial charge in [-0.3, -0.25) is 4.98 Å². The summed E-state index contributed by atoms with van der Waals surface area (Å²) in [6.07, 6.45) is 5.55. The first kappa shape index (κ1) is 34.1. The SMILES string of the molecule is Cc1cc(C)c(N2[CH-]N(c3[c-]c(Oc4[c-]c5c(cc4)c4cccnc4n4ccnc54)cc4c3c3ccccc3n4-c3ccccc3)c3ccccc32)c(C)c1.[Pt]. The Kier molecular flexibility index (Phi) is 7.98. The average molecular weight is 905 g/mol. The number of anilines is 4. The minimum absolute atomic E-state index is 0. The Morgan fingerprint density at radius 2 is 1.32 bits per heavy atom. The third kappa shape index (κ3) is 5.15. The molecule has 4 aromatic heterocycles. The van der Waals surface area contributed by atoms with Crippen LogP contribution >= 0.6 is 0 Å². The van der Waals surface area contributed by atoms with Crippen LogP contribution in [-0.4, -0.2) is 18.9 Å². The van der Waals surface area contributed by atoms with E-state index in [4.69, 9.17) is 9.72 Å². The van der Waals surface area contributed by atoms with Crippen molar-refractivity contribution in [2.75, 3.05) is 9.80 Å². The van der Waals surface area contributed by atoms with Gasteiger partial charge in [0.1, 0.15) is 5.65 Å². The van der Waals surface area contributed by atoms with E-state index < -0.39 is 0 Å². The van der Waals surface area contributed by atoms with E-state index in [0.717, 1.165) is 72.0 Å². The van der Waals surface area contributed by atoms with Crippen molar-refractivity contribution in [2.45, 2.75) is 20.8 Å². The van der Waals surface area contributed by atoms with E-state index in [1.54, 1.807) is 6.20 Å². The summed E-state index contributed by atoms with van der Waals surface area (Å²) in [6.45, 7) is 8.74. The van der Waals surface area contributed by atoms with Crippen molar-refractivity contribution in [2.24, 2.45) is 0 Å². The number of aryl methyl sites for hydroxylation is 3. The zero-order valence-corrected chi connectivity index (χ0v) is 33.0. The number of imidazole rings is 1. The van der Waals surface area contributed by atoms with Gasteiger partial charge in [-0.15, -0.1) is 30.9 Å². The molecule has 0 spiro atoms. The van der Waals surface area contributed by atoms with Crippen LogP contribution in [-0.2, 0) is 21.1 Å². The monoisotopic (exact) mass is 904 g/mol. The van der Waals surface area contributed by atoms with Crippen molar-refractivity contribution >= 4 is 72.0 Å². The summed E-state index contributed by atoms with van der Waals surface area (Å²) >= 11 is 0. The van der Waals surface area contributed by atoms with Crippen LogP contribution in [0.2, 0.25) is 0 Å². The Hall–Kier alpha value is -6.43. The number of nitrogens with zero attached hydrogens (tertiary/aromatic N) is 6. The molecule has 0 saturated heterocycles. The second-order valence-electron chi connectivity index (χ2n) is 14.2. The minimum atomic E-state index is 0. The molecule has 10 aromatic rings. The third-order valence-electron chi connectivity index (χ3n) is 10.7. The summed E-state index contributed by atoms with van der Waals surface area (Å²) < 4.78 is 11.2. The van der Waals surface area contributed by atoms with Gasteiger partial charge >= 0.3 is 0 Å². The Labute approximate surface area is 338 Å². The van der Waals surface area contributed by atoms with Gasteiger partial charge in [0.05, 0.1) is 5.65 Å². The van der Waals surface area contributed by atoms with E-state index in [9.17, 15) is 0 Å². The molecule has 0 aliphatic carbocycles. The van der Waals surface area contributed by atoms with E-state index in [1.807, 2.05) is 28.9 Å². The number of aromatic nitrogens is 4. The molecular weight excluding hydrogens is 872 g/mol. The Morgan fingerprint density at radius 3 is 2.14 bits per heavy atom. The molecule has 0 radical (unpaired) electrons. The molecule has 0 saturated carbocycles. The van der Waals surface area contributed by atoms with Gasteiger partial charge < -0.3 is 23.5 Å². The second kappa shape index (κ2) is 13.1. The first-order valence-corrected chi connectivity index (χ1v) is 18.4. The molecule has 0 bridgehead atoms. The van der Waals surface area contributed by atoms with Crippen molar-refractivity contribution in [3.63, 3.8) is 0 Å². The largest absolute Gasteiger partial charge is 0.503 e. The van der Waals surface area contributed by atoms with Crippen molar-refractivity contribution in [3.8, 4) is 17.2 Å². The van der Waals surface area contributed by atoms with Crippen LogP contribution in [0.1, 0.15) is 16.7 Å². The standard InChI is InChI=1S/C48H33N6O.Pt/c1-30-24-31(2)46(32(3)25-30)53-29-52(41-17-9-10-18-42(41)53)43-27-35(28-44-45(43)38-14-7-8-16-40(38)54(44)33-12-5-4-6-13-33)55-34-19-20-36-37-15-11-21-49-47(37)51-23-22-50-48(51)39(36)26-34;/h4-25,28-29H,1-3H3;/q-3;. The maximum atomic E-state index is 6.84. The van der Waals surface area contributed by atoms with Crippen LogP contribution in [0, 0.1) is 39.6 Å². The molecule has 5 heterocycles. The van der Waals surface area contributed by atoms with E-state index in [1.165, 1.54) is 22.4 Å². The number of hydrogen-bond donors (Lipinski definition) is 0. The molecule has 8 heteroatoms. The van der Waals surface area contributed by atoms with Crippen molar-refractivity contribution in [3.05, 3.63) is 175 Å². The van der Waals surface area contributed by atoms with Gasteiger partial charge in [-0.1, -0.05) is 100 Å². The number of pyridine rings is 2. The van der Waals surface area contributed by atoms with Crippen LogP contribution in [0.4, 0.5) is 22.7 Å². The van der Waals surface area contributed by atoms with E-state index in [0.29, 0.717) is 11.5 Å². The topological polar surface area (TPSA) is 50.8 Å². The minimum Gasteiger partial charge on any atom is -0.503 e. The summed E-state index contributed by atoms with van der Waals surface area (Å²) in [4.78, 5) is 13.9. The number of ether oxygens (including phenoxy) is 1. The predicted octanol–water partition coefficient (Wildman–Crippen LogP) is 11.9. The molecule has 7 nitrogen and oxygen atoms in total. The molecule has 6 aromatic carbocycles. The van der Waals surface area contributed by atoms with Gasteiger partial charge in [-0.05, 0) is 84.6 Å². The molecule has 0 atom stereocenters. The molecule has 11 rings (SSSR count). The van der Waals surface area contributed by atoms with Crippen LogP contribution in [0.5, 0.6) is 11.5 Å². The van der Waals surface area contributed by atoms with Crippen molar-refractivity contribution in [1.82, 2.24) is 18.9 Å². The fourth-order valence-corrected chi connectivity index (χ4v) is 8.61. The van der Waals surface area contributed by atoms with E-state index >= 15 is 0 Å². The number of fused-ring (bicyclic) bond motifs is 10. The van der Waals surface area contributed by atoms with Crippen molar-refractivity contribution < 1.29 is 25.8 Å². The first-order chi connectivity index (χ1) is 27.0. The van der Waals surface area contributed by atoms with Gasteiger partial charge in [-0.25, -0.2) is 4.98 Å². The number of hydrogen-bond acceptors (Lipinski definition) is 5. The summed E-state index contributed by atoms with van der Waals surface area (Å²) in [6, 6.07) is 49.8. The molecule has 0 amide bonds. The fraction of sp³-hybridized carbons (Fsp3) is 0.0625. The van der Waals surface area contributed by atoms with E-state index in [2.05, 4.69) is 168 Å². The number of benzene rings is 6. The Morgan fingerprint density at radius 1 is 0.607 bits per heavy atom. The smallest absolute Gasteiger partial charge is 0.128 e. The summed E-state index contributed by atoms with van der Waals surface area (Å²) in [5, 5.41) is 5.12. The molecule has 0 unspecified atom stereocenters. The van der Waals surface area contributed by atoms with Crippen LogP contribution in [0.3, 0.4) is 0 Å². The van der Waals surface area contributed by atoms with E-state index in [-0.39, 0.29) is 21.1 Å². The van der Waals surface area contributed by atoms with Crippen molar-refractivity contribution in [1.29, 1.82) is 0 Å². The predicted molar refractivity (Wildman–Crippen MR) is 222 cm³/mol. The number of rotatable bonds is 5. The summed E-state index contributed by atoms with van der Waals surface area (Å²) in [5.41, 5.74) is 12.7. The number of para-hydroxylation sites is 4. The normalized spacial score (nSPS) is 12.6. The average Bonchev–Trinajstić information content (AvgIpc) is 3.93. The quantitative estimate of drug-likeness (QED) is 0.127. The summed E-state index contributed by atoms with van der Waals surface area (Å²) in [7, 11) is 0. The Balaban J connectivity index is 0.00000384. The molecular formula is C48H33N6OPt-3. The van der Waals surface area contributed by atoms with Crippen LogP contribution in [0.25, 0.3) is 54.9 Å². The first-order valence-electron chi connectivity index (χ1n) is 18.4. The van der Waals surface area contributed by atoms with Gasteiger partial charge in [0, 0.05) is 79.4 Å². The van der Waals surface area contributed by atoms with Gasteiger partial charge in [-0.2, -0.15) is 0 Å². The molecule has 56 heavy (non-hydrogen) atoms. The van der Waals surface area contributed by atoms with Crippen LogP contribution < -0.4 is 14.5 Å². The maximum Gasteiger partial charge on any atom is 0.128 e. The zero-order chi connectivity index (χ0) is 36.8. The van der Waals surface area contributed by atoms with Gasteiger partial charge in [0.15, 0.2) is 0 Å². The molecule has 0 fully saturated rings. The fourth-order valence-electron chi connectivity index (χ4n) is 8.61. The third-order valence-corrected chi connectivity index (χ3v) is 10.7.